The van der Waals surface area contributed by atoms with Crippen LogP contribution < -0.4 is 15.8 Å². The number of aryl methyl sites for hydroxylation is 3. The van der Waals surface area contributed by atoms with Gasteiger partial charge in [0.25, 0.3) is 0 Å². The van der Waals surface area contributed by atoms with Crippen molar-refractivity contribution in [3.8, 4) is 5.75 Å². The third-order valence-electron chi connectivity index (χ3n) is 5.28. The SMILES string of the molecule is CCCc1cc2nc(C)nc(NC(C)c3cc(N)cc(C)c3C)c2cc1OC. The minimum Gasteiger partial charge on any atom is -0.496 e. The van der Waals surface area contributed by atoms with Gasteiger partial charge in [0.05, 0.1) is 18.7 Å². The molecule has 1 unspecified atom stereocenters. The van der Waals surface area contributed by atoms with E-state index in [0.717, 1.165) is 46.8 Å². The van der Waals surface area contributed by atoms with Crippen LogP contribution >= 0.6 is 0 Å². The molecule has 0 aliphatic rings. The fraction of sp³-hybridized carbons (Fsp3) is 0.391. The standard InChI is InChI=1S/C23H30N4O/c1-7-8-17-10-21-20(12-22(17)28-6)23(27-16(5)26-21)25-15(4)19-11-18(24)9-13(2)14(19)3/h9-12,15H,7-8,24H2,1-6H3,(H,25,26,27). The smallest absolute Gasteiger partial charge is 0.138 e. The topological polar surface area (TPSA) is 73.1 Å². The zero-order chi connectivity index (χ0) is 20.4. The van der Waals surface area contributed by atoms with Crippen LogP contribution in [0.5, 0.6) is 5.75 Å². The second kappa shape index (κ2) is 8.05. The predicted molar refractivity (Wildman–Crippen MR) is 117 cm³/mol. The molecule has 0 bridgehead atoms. The van der Waals surface area contributed by atoms with Crippen LogP contribution in [0.4, 0.5) is 11.5 Å². The number of rotatable bonds is 6. The molecule has 0 spiro atoms. The number of nitrogens with zero attached hydrogens (tertiary/aromatic N) is 2. The summed E-state index contributed by atoms with van der Waals surface area (Å²) < 4.78 is 5.63. The Balaban J connectivity index is 2.07. The summed E-state index contributed by atoms with van der Waals surface area (Å²) in [5.74, 6) is 2.44. The van der Waals surface area contributed by atoms with Gasteiger partial charge in [-0.2, -0.15) is 0 Å². The Labute approximate surface area is 167 Å². The molecule has 0 radical (unpaired) electrons. The molecule has 0 fully saturated rings. The second-order valence-electron chi connectivity index (χ2n) is 7.47. The molecule has 2 aromatic carbocycles. The minimum atomic E-state index is 0.0565. The number of aromatic nitrogens is 2. The average Bonchev–Trinajstić information content (AvgIpc) is 2.64. The zero-order valence-corrected chi connectivity index (χ0v) is 17.7. The second-order valence-corrected chi connectivity index (χ2v) is 7.47. The number of fused-ring (bicyclic) bond motifs is 1. The molecular weight excluding hydrogens is 348 g/mol. The molecule has 0 saturated heterocycles. The summed E-state index contributed by atoms with van der Waals surface area (Å²) in [7, 11) is 1.71. The highest BCUT2D eigenvalue weighted by molar-refractivity contribution is 5.91. The van der Waals surface area contributed by atoms with Gasteiger partial charge in [-0.1, -0.05) is 13.3 Å². The molecule has 148 valence electrons. The van der Waals surface area contributed by atoms with Crippen LogP contribution in [0.2, 0.25) is 0 Å². The van der Waals surface area contributed by atoms with E-state index in [1.54, 1.807) is 7.11 Å². The lowest BCUT2D eigenvalue weighted by atomic mass is 9.97. The molecule has 28 heavy (non-hydrogen) atoms. The Hall–Kier alpha value is -2.82. The summed E-state index contributed by atoms with van der Waals surface area (Å²) >= 11 is 0. The first-order valence-corrected chi connectivity index (χ1v) is 9.82. The normalized spacial score (nSPS) is 12.2. The number of hydrogen-bond donors (Lipinski definition) is 2. The van der Waals surface area contributed by atoms with Gasteiger partial charge in [0, 0.05) is 11.1 Å². The summed E-state index contributed by atoms with van der Waals surface area (Å²) in [5, 5.41) is 4.54. The summed E-state index contributed by atoms with van der Waals surface area (Å²) in [5.41, 5.74) is 12.6. The maximum absolute atomic E-state index is 6.09. The largest absolute Gasteiger partial charge is 0.496 e. The summed E-state index contributed by atoms with van der Waals surface area (Å²) in [6.07, 6.45) is 2.02. The van der Waals surface area contributed by atoms with E-state index >= 15 is 0 Å². The van der Waals surface area contributed by atoms with E-state index in [1.165, 1.54) is 22.3 Å². The van der Waals surface area contributed by atoms with E-state index in [-0.39, 0.29) is 6.04 Å². The van der Waals surface area contributed by atoms with Gasteiger partial charge in [-0.15, -0.1) is 0 Å². The first-order valence-electron chi connectivity index (χ1n) is 9.82. The number of benzene rings is 2. The minimum absolute atomic E-state index is 0.0565. The molecule has 1 atom stereocenters. The monoisotopic (exact) mass is 378 g/mol. The van der Waals surface area contributed by atoms with Crippen LogP contribution in [0, 0.1) is 20.8 Å². The van der Waals surface area contributed by atoms with Crippen molar-refractivity contribution in [2.45, 2.75) is 53.5 Å². The third kappa shape index (κ3) is 3.88. The molecule has 0 aliphatic carbocycles. The summed E-state index contributed by atoms with van der Waals surface area (Å²) in [4.78, 5) is 9.34. The number of methoxy groups -OCH3 is 1. The molecule has 3 rings (SSSR count). The maximum atomic E-state index is 6.09. The van der Waals surface area contributed by atoms with Gasteiger partial charge in [0.2, 0.25) is 0 Å². The first kappa shape index (κ1) is 19.9. The van der Waals surface area contributed by atoms with Gasteiger partial charge >= 0.3 is 0 Å². The van der Waals surface area contributed by atoms with E-state index in [0.29, 0.717) is 0 Å². The fourth-order valence-corrected chi connectivity index (χ4v) is 3.73. The molecule has 1 aromatic heterocycles. The van der Waals surface area contributed by atoms with Crippen LogP contribution in [0.15, 0.2) is 24.3 Å². The lowest BCUT2D eigenvalue weighted by Gasteiger charge is -2.21. The summed E-state index contributed by atoms with van der Waals surface area (Å²) in [6, 6.07) is 8.28. The van der Waals surface area contributed by atoms with Gasteiger partial charge < -0.3 is 15.8 Å². The van der Waals surface area contributed by atoms with Crippen LogP contribution in [0.3, 0.4) is 0 Å². The number of hydrogen-bond acceptors (Lipinski definition) is 5. The van der Waals surface area contributed by atoms with Crippen LogP contribution in [0.25, 0.3) is 10.9 Å². The summed E-state index contributed by atoms with van der Waals surface area (Å²) in [6.45, 7) is 10.4. The maximum Gasteiger partial charge on any atom is 0.138 e. The molecule has 5 nitrogen and oxygen atoms in total. The Morgan fingerprint density at radius 3 is 2.54 bits per heavy atom. The van der Waals surface area contributed by atoms with Crippen molar-refractivity contribution in [1.82, 2.24) is 9.97 Å². The lowest BCUT2D eigenvalue weighted by Crippen LogP contribution is -2.12. The molecule has 1 heterocycles. The van der Waals surface area contributed by atoms with Crippen LogP contribution in [0.1, 0.15) is 54.4 Å². The number of ether oxygens (including phenoxy) is 1. The highest BCUT2D eigenvalue weighted by atomic mass is 16.5. The Morgan fingerprint density at radius 1 is 1.11 bits per heavy atom. The molecule has 0 aliphatic heterocycles. The van der Waals surface area contributed by atoms with E-state index < -0.39 is 0 Å². The number of anilines is 2. The van der Waals surface area contributed by atoms with Crippen molar-refractivity contribution in [1.29, 1.82) is 0 Å². The van der Waals surface area contributed by atoms with Crippen molar-refractivity contribution in [2.75, 3.05) is 18.2 Å². The van der Waals surface area contributed by atoms with Crippen molar-refractivity contribution in [2.24, 2.45) is 0 Å². The van der Waals surface area contributed by atoms with Gasteiger partial charge in [0.1, 0.15) is 17.4 Å². The third-order valence-corrected chi connectivity index (χ3v) is 5.28. The Kier molecular flexibility index (Phi) is 5.73. The number of nitrogens with one attached hydrogen (secondary N) is 1. The Morgan fingerprint density at radius 2 is 1.86 bits per heavy atom. The van der Waals surface area contributed by atoms with E-state index in [4.69, 9.17) is 10.5 Å². The van der Waals surface area contributed by atoms with E-state index in [1.807, 2.05) is 25.1 Å². The Bertz CT molecular complexity index is 1010. The van der Waals surface area contributed by atoms with E-state index in [2.05, 4.69) is 49.0 Å². The van der Waals surface area contributed by atoms with Crippen molar-refractivity contribution >= 4 is 22.4 Å². The quantitative estimate of drug-likeness (QED) is 0.572. The van der Waals surface area contributed by atoms with Crippen LogP contribution in [-0.4, -0.2) is 17.1 Å². The van der Waals surface area contributed by atoms with E-state index in [9.17, 15) is 0 Å². The van der Waals surface area contributed by atoms with Gasteiger partial charge in [0.15, 0.2) is 0 Å². The molecule has 5 heteroatoms. The van der Waals surface area contributed by atoms with Crippen molar-refractivity contribution in [3.05, 3.63) is 52.3 Å². The molecule has 0 saturated carbocycles. The highest BCUT2D eigenvalue weighted by Crippen LogP contribution is 2.32. The number of nitrogen functional groups attached to an aromatic ring is 1. The molecule has 3 N–H and O–H groups in total. The van der Waals surface area contributed by atoms with Gasteiger partial charge in [-0.25, -0.2) is 9.97 Å². The van der Waals surface area contributed by atoms with Gasteiger partial charge in [-0.3, -0.25) is 0 Å². The van der Waals surface area contributed by atoms with Crippen LogP contribution in [-0.2, 0) is 6.42 Å². The zero-order valence-electron chi connectivity index (χ0n) is 17.7. The predicted octanol–water partition coefficient (Wildman–Crippen LogP) is 5.27. The first-order chi connectivity index (χ1) is 13.3. The van der Waals surface area contributed by atoms with Gasteiger partial charge in [-0.05, 0) is 80.6 Å². The number of nitrogens with two attached hydrogens (primary N) is 1. The highest BCUT2D eigenvalue weighted by Gasteiger charge is 2.16. The fourth-order valence-electron chi connectivity index (χ4n) is 3.73. The molecule has 0 amide bonds. The molecule has 3 aromatic rings. The van der Waals surface area contributed by atoms with Crippen molar-refractivity contribution in [3.63, 3.8) is 0 Å². The van der Waals surface area contributed by atoms with Crippen molar-refractivity contribution < 1.29 is 4.74 Å². The average molecular weight is 379 g/mol. The lowest BCUT2D eigenvalue weighted by molar-refractivity contribution is 0.410. The molecular formula is C23H30N4O.